The topological polar surface area (TPSA) is 65.3 Å². The van der Waals surface area contributed by atoms with Gasteiger partial charge in [-0.15, -0.1) is 10.2 Å². The summed E-state index contributed by atoms with van der Waals surface area (Å²) in [6.07, 6.45) is 2.52. The van der Waals surface area contributed by atoms with Crippen molar-refractivity contribution in [3.63, 3.8) is 0 Å². The van der Waals surface area contributed by atoms with E-state index in [0.29, 0.717) is 6.54 Å². The Morgan fingerprint density at radius 2 is 2.22 bits per heavy atom. The van der Waals surface area contributed by atoms with Gasteiger partial charge in [0.2, 0.25) is 0 Å². The number of ether oxygens (including phenoxy) is 2. The molecular weight excluding hydrogens is 294 g/mol. The van der Waals surface area contributed by atoms with Crippen LogP contribution in [0.3, 0.4) is 0 Å². The monoisotopic (exact) mass is 317 g/mol. The van der Waals surface area contributed by atoms with Crippen LogP contribution in [0.15, 0.2) is 24.3 Å². The Morgan fingerprint density at radius 1 is 1.35 bits per heavy atom. The molecular formula is C16H23N5O2. The molecule has 124 valence electrons. The second-order valence-electron chi connectivity index (χ2n) is 5.81. The van der Waals surface area contributed by atoms with Crippen LogP contribution in [0.1, 0.15) is 24.2 Å². The number of aromatic nitrogens is 4. The average molecular weight is 317 g/mol. The minimum atomic E-state index is 0.279. The van der Waals surface area contributed by atoms with Gasteiger partial charge in [0, 0.05) is 25.3 Å². The molecule has 0 spiro atoms. The largest absolute Gasteiger partial charge is 0.496 e. The lowest BCUT2D eigenvalue weighted by atomic mass is 10.1. The van der Waals surface area contributed by atoms with E-state index < -0.39 is 0 Å². The van der Waals surface area contributed by atoms with E-state index in [4.69, 9.17) is 9.47 Å². The molecule has 0 N–H and O–H groups in total. The molecule has 1 aromatic carbocycles. The summed E-state index contributed by atoms with van der Waals surface area (Å²) < 4.78 is 11.3. The normalized spacial score (nSPS) is 17.8. The molecule has 2 aromatic rings. The minimum absolute atomic E-state index is 0.279. The van der Waals surface area contributed by atoms with Gasteiger partial charge in [0.25, 0.3) is 0 Å². The second kappa shape index (κ2) is 7.52. The fourth-order valence-electron chi connectivity index (χ4n) is 2.92. The van der Waals surface area contributed by atoms with Gasteiger partial charge in [0.15, 0.2) is 5.82 Å². The maximum Gasteiger partial charge on any atom is 0.188 e. The zero-order chi connectivity index (χ0) is 16.1. The fraction of sp³-hybridized carbons (Fsp3) is 0.562. The molecule has 1 saturated heterocycles. The van der Waals surface area contributed by atoms with E-state index >= 15 is 0 Å². The second-order valence-corrected chi connectivity index (χ2v) is 5.81. The maximum absolute atomic E-state index is 5.79. The predicted molar refractivity (Wildman–Crippen MR) is 84.9 cm³/mol. The quantitative estimate of drug-likeness (QED) is 0.769. The summed E-state index contributed by atoms with van der Waals surface area (Å²) >= 11 is 0. The lowest BCUT2D eigenvalue weighted by Gasteiger charge is -2.24. The van der Waals surface area contributed by atoms with Crippen molar-refractivity contribution in [3.8, 4) is 5.75 Å². The van der Waals surface area contributed by atoms with Crippen LogP contribution in [0.4, 0.5) is 0 Å². The number of hydrogen-bond acceptors (Lipinski definition) is 6. The third kappa shape index (κ3) is 4.27. The number of benzene rings is 1. The summed E-state index contributed by atoms with van der Waals surface area (Å²) in [4.78, 5) is 3.79. The first-order valence-corrected chi connectivity index (χ1v) is 7.93. The van der Waals surface area contributed by atoms with Gasteiger partial charge in [-0.1, -0.05) is 18.2 Å². The molecule has 0 bridgehead atoms. The lowest BCUT2D eigenvalue weighted by molar-refractivity contribution is 0.0667. The standard InChI is InChI=1S/C16H23N5O2/c1-20-18-16(17-19-20)12-21(11-14-7-5-9-23-14)10-13-6-3-4-8-15(13)22-2/h3-4,6,8,14H,5,7,9-12H2,1-2H3. The Kier molecular flexibility index (Phi) is 5.19. The number of nitrogens with zero attached hydrogens (tertiary/aromatic N) is 5. The zero-order valence-corrected chi connectivity index (χ0v) is 13.7. The van der Waals surface area contributed by atoms with Crippen molar-refractivity contribution < 1.29 is 9.47 Å². The summed E-state index contributed by atoms with van der Waals surface area (Å²) in [5.74, 6) is 1.62. The highest BCUT2D eigenvalue weighted by atomic mass is 16.5. The summed E-state index contributed by atoms with van der Waals surface area (Å²) in [6, 6.07) is 8.09. The Balaban J connectivity index is 1.73. The number of rotatable bonds is 7. The summed E-state index contributed by atoms with van der Waals surface area (Å²) in [6.45, 7) is 3.13. The highest BCUT2D eigenvalue weighted by Crippen LogP contribution is 2.21. The number of methoxy groups -OCH3 is 1. The first-order valence-electron chi connectivity index (χ1n) is 7.93. The highest BCUT2D eigenvalue weighted by molar-refractivity contribution is 5.33. The number of tetrazole rings is 1. The zero-order valence-electron chi connectivity index (χ0n) is 13.7. The Morgan fingerprint density at radius 3 is 2.91 bits per heavy atom. The smallest absolute Gasteiger partial charge is 0.188 e. The number of aryl methyl sites for hydroxylation is 1. The van der Waals surface area contributed by atoms with Crippen LogP contribution in [-0.2, 0) is 24.9 Å². The summed E-state index contributed by atoms with van der Waals surface area (Å²) in [7, 11) is 3.48. The third-order valence-electron chi connectivity index (χ3n) is 3.99. The van der Waals surface area contributed by atoms with Gasteiger partial charge in [-0.25, -0.2) is 0 Å². The molecule has 0 aliphatic carbocycles. The van der Waals surface area contributed by atoms with Gasteiger partial charge in [-0.05, 0) is 24.1 Å². The van der Waals surface area contributed by atoms with Crippen LogP contribution in [0, 0.1) is 0 Å². The van der Waals surface area contributed by atoms with Crippen LogP contribution in [0.5, 0.6) is 5.75 Å². The lowest BCUT2D eigenvalue weighted by Crippen LogP contribution is -2.32. The van der Waals surface area contributed by atoms with Gasteiger partial charge in [-0.3, -0.25) is 4.90 Å². The molecule has 2 heterocycles. The Hall–Kier alpha value is -1.99. The molecule has 1 fully saturated rings. The molecule has 3 rings (SSSR count). The van der Waals surface area contributed by atoms with Crippen molar-refractivity contribution in [2.24, 2.45) is 7.05 Å². The molecule has 23 heavy (non-hydrogen) atoms. The summed E-state index contributed by atoms with van der Waals surface area (Å²) in [5.41, 5.74) is 1.15. The third-order valence-corrected chi connectivity index (χ3v) is 3.99. The molecule has 0 amide bonds. The molecule has 1 aliphatic rings. The van der Waals surface area contributed by atoms with E-state index in [9.17, 15) is 0 Å². The predicted octanol–water partition coefficient (Wildman–Crippen LogP) is 1.40. The Labute approximate surface area is 136 Å². The molecule has 7 heteroatoms. The van der Waals surface area contributed by atoms with Crippen LogP contribution < -0.4 is 4.74 Å². The Bertz CT molecular complexity index is 624. The first-order chi connectivity index (χ1) is 11.2. The highest BCUT2D eigenvalue weighted by Gasteiger charge is 2.21. The van der Waals surface area contributed by atoms with Crippen LogP contribution in [-0.4, -0.2) is 51.5 Å². The van der Waals surface area contributed by atoms with Crippen molar-refractivity contribution in [1.82, 2.24) is 25.1 Å². The average Bonchev–Trinajstić information content (AvgIpc) is 3.20. The van der Waals surface area contributed by atoms with Gasteiger partial charge >= 0.3 is 0 Å². The van der Waals surface area contributed by atoms with Crippen molar-refractivity contribution in [2.75, 3.05) is 20.3 Å². The van der Waals surface area contributed by atoms with Gasteiger partial charge in [0.1, 0.15) is 5.75 Å². The SMILES string of the molecule is COc1ccccc1CN(Cc1nnn(C)n1)CC1CCCO1. The van der Waals surface area contributed by atoms with E-state index in [1.807, 2.05) is 18.2 Å². The van der Waals surface area contributed by atoms with E-state index in [1.54, 1.807) is 14.2 Å². The molecule has 0 saturated carbocycles. The van der Waals surface area contributed by atoms with Crippen LogP contribution in [0.2, 0.25) is 0 Å². The molecule has 1 aromatic heterocycles. The van der Waals surface area contributed by atoms with E-state index in [0.717, 1.165) is 49.7 Å². The van der Waals surface area contributed by atoms with Crippen LogP contribution >= 0.6 is 0 Å². The van der Waals surface area contributed by atoms with Crippen molar-refractivity contribution in [2.45, 2.75) is 32.0 Å². The van der Waals surface area contributed by atoms with Crippen molar-refractivity contribution in [1.29, 1.82) is 0 Å². The molecule has 1 unspecified atom stereocenters. The van der Waals surface area contributed by atoms with Gasteiger partial charge in [0.05, 0.1) is 26.8 Å². The van der Waals surface area contributed by atoms with Crippen molar-refractivity contribution in [3.05, 3.63) is 35.7 Å². The maximum atomic E-state index is 5.79. The van der Waals surface area contributed by atoms with Gasteiger partial charge < -0.3 is 9.47 Å². The van der Waals surface area contributed by atoms with Gasteiger partial charge in [-0.2, -0.15) is 4.80 Å². The van der Waals surface area contributed by atoms with E-state index in [-0.39, 0.29) is 6.10 Å². The van der Waals surface area contributed by atoms with Crippen molar-refractivity contribution >= 4 is 0 Å². The number of hydrogen-bond donors (Lipinski definition) is 0. The summed E-state index contributed by atoms with van der Waals surface area (Å²) in [5, 5.41) is 12.3. The van der Waals surface area contributed by atoms with Crippen LogP contribution in [0.25, 0.3) is 0 Å². The number of para-hydroxylation sites is 1. The van der Waals surface area contributed by atoms with E-state index in [1.165, 1.54) is 4.80 Å². The molecule has 1 atom stereocenters. The first kappa shape index (κ1) is 15.9. The minimum Gasteiger partial charge on any atom is -0.496 e. The fourth-order valence-corrected chi connectivity index (χ4v) is 2.92. The molecule has 0 radical (unpaired) electrons. The van der Waals surface area contributed by atoms with E-state index in [2.05, 4.69) is 26.4 Å². The molecule has 1 aliphatic heterocycles. The molecule has 7 nitrogen and oxygen atoms in total.